The summed E-state index contributed by atoms with van der Waals surface area (Å²) in [5.41, 5.74) is 1.45. The number of unbranched alkanes of at least 4 members (excludes halogenated alkanes) is 1. The van der Waals surface area contributed by atoms with Gasteiger partial charge < -0.3 is 10.1 Å². The van der Waals surface area contributed by atoms with Crippen molar-refractivity contribution in [1.82, 2.24) is 0 Å². The van der Waals surface area contributed by atoms with Crippen LogP contribution in [0.1, 0.15) is 44.0 Å². The first-order valence-corrected chi connectivity index (χ1v) is 6.17. The van der Waals surface area contributed by atoms with Crippen LogP contribution in [0.2, 0.25) is 0 Å². The quantitative estimate of drug-likeness (QED) is 0.606. The summed E-state index contributed by atoms with van der Waals surface area (Å²) < 4.78 is 5.21. The summed E-state index contributed by atoms with van der Waals surface area (Å²) in [6.07, 6.45) is 1.94. The lowest BCUT2D eigenvalue weighted by molar-refractivity contribution is 0.0501. The van der Waals surface area contributed by atoms with Crippen molar-refractivity contribution in [2.75, 3.05) is 11.9 Å². The normalized spacial score (nSPS) is 10.4. The van der Waals surface area contributed by atoms with E-state index in [1.807, 2.05) is 32.0 Å². The van der Waals surface area contributed by atoms with Gasteiger partial charge in [-0.2, -0.15) is 0 Å². The van der Waals surface area contributed by atoms with Gasteiger partial charge in [-0.25, -0.2) is 4.79 Å². The van der Waals surface area contributed by atoms with Crippen LogP contribution in [-0.4, -0.2) is 18.6 Å². The van der Waals surface area contributed by atoms with E-state index in [0.717, 1.165) is 18.5 Å². The van der Waals surface area contributed by atoms with Gasteiger partial charge in [0, 0.05) is 11.7 Å². The fourth-order valence-corrected chi connectivity index (χ4v) is 1.48. The minimum atomic E-state index is -0.248. The van der Waals surface area contributed by atoms with E-state index in [1.54, 1.807) is 6.07 Å². The SMILES string of the molecule is CCCCOC(=O)c1ccccc1NC(C)C. The molecule has 0 aliphatic carbocycles. The second kappa shape index (κ2) is 6.94. The molecule has 1 N–H and O–H groups in total. The molecule has 0 amide bonds. The van der Waals surface area contributed by atoms with E-state index >= 15 is 0 Å². The van der Waals surface area contributed by atoms with E-state index in [0.29, 0.717) is 18.2 Å². The minimum absolute atomic E-state index is 0.248. The summed E-state index contributed by atoms with van der Waals surface area (Å²) in [5.74, 6) is -0.248. The van der Waals surface area contributed by atoms with E-state index in [2.05, 4.69) is 12.2 Å². The van der Waals surface area contributed by atoms with E-state index in [9.17, 15) is 4.79 Å². The molecule has 17 heavy (non-hydrogen) atoms. The number of ether oxygens (including phenoxy) is 1. The Balaban J connectivity index is 2.71. The molecule has 94 valence electrons. The largest absolute Gasteiger partial charge is 0.462 e. The van der Waals surface area contributed by atoms with Gasteiger partial charge >= 0.3 is 5.97 Å². The second-order valence-corrected chi connectivity index (χ2v) is 4.33. The summed E-state index contributed by atoms with van der Waals surface area (Å²) in [5, 5.41) is 3.24. The molecule has 0 radical (unpaired) electrons. The predicted molar refractivity (Wildman–Crippen MR) is 70.4 cm³/mol. The zero-order valence-electron chi connectivity index (χ0n) is 10.8. The molecule has 1 aromatic carbocycles. The average molecular weight is 235 g/mol. The highest BCUT2D eigenvalue weighted by Gasteiger charge is 2.12. The molecular weight excluding hydrogens is 214 g/mol. The third kappa shape index (κ3) is 4.47. The van der Waals surface area contributed by atoms with Gasteiger partial charge in [-0.15, -0.1) is 0 Å². The van der Waals surface area contributed by atoms with Gasteiger partial charge in [0.1, 0.15) is 0 Å². The van der Waals surface area contributed by atoms with Crippen molar-refractivity contribution in [2.45, 2.75) is 39.7 Å². The Kier molecular flexibility index (Phi) is 5.53. The summed E-state index contributed by atoms with van der Waals surface area (Å²) in [6, 6.07) is 7.74. The van der Waals surface area contributed by atoms with E-state index < -0.39 is 0 Å². The Hall–Kier alpha value is -1.51. The molecule has 0 bridgehead atoms. The molecule has 0 aliphatic heterocycles. The Labute approximate surface area is 103 Å². The predicted octanol–water partition coefficient (Wildman–Crippen LogP) is 3.46. The molecule has 0 unspecified atom stereocenters. The molecule has 3 nitrogen and oxygen atoms in total. The fraction of sp³-hybridized carbons (Fsp3) is 0.500. The van der Waals surface area contributed by atoms with Crippen molar-refractivity contribution in [3.63, 3.8) is 0 Å². The van der Waals surface area contributed by atoms with Crippen LogP contribution >= 0.6 is 0 Å². The first-order chi connectivity index (χ1) is 8.15. The van der Waals surface area contributed by atoms with Gasteiger partial charge in [-0.05, 0) is 32.4 Å². The maximum atomic E-state index is 11.9. The summed E-state index contributed by atoms with van der Waals surface area (Å²) in [7, 11) is 0. The number of carbonyl (C=O) groups excluding carboxylic acids is 1. The summed E-state index contributed by atoms with van der Waals surface area (Å²) >= 11 is 0. The topological polar surface area (TPSA) is 38.3 Å². The molecule has 1 aromatic rings. The third-order valence-electron chi connectivity index (χ3n) is 2.32. The van der Waals surface area contributed by atoms with E-state index in [-0.39, 0.29) is 5.97 Å². The molecule has 0 aromatic heterocycles. The number of hydrogen-bond donors (Lipinski definition) is 1. The molecule has 3 heteroatoms. The van der Waals surface area contributed by atoms with Crippen molar-refractivity contribution < 1.29 is 9.53 Å². The first kappa shape index (κ1) is 13.6. The van der Waals surface area contributed by atoms with Crippen molar-refractivity contribution in [3.05, 3.63) is 29.8 Å². The van der Waals surface area contributed by atoms with Crippen LogP contribution in [0.4, 0.5) is 5.69 Å². The number of anilines is 1. The third-order valence-corrected chi connectivity index (χ3v) is 2.32. The number of carbonyl (C=O) groups is 1. The molecule has 0 saturated heterocycles. The van der Waals surface area contributed by atoms with E-state index in [4.69, 9.17) is 4.74 Å². The van der Waals surface area contributed by atoms with Gasteiger partial charge in [0.05, 0.1) is 12.2 Å². The average Bonchev–Trinajstić information content (AvgIpc) is 2.29. The van der Waals surface area contributed by atoms with Gasteiger partial charge in [0.25, 0.3) is 0 Å². The van der Waals surface area contributed by atoms with Crippen molar-refractivity contribution >= 4 is 11.7 Å². The van der Waals surface area contributed by atoms with Crippen LogP contribution in [0.15, 0.2) is 24.3 Å². The van der Waals surface area contributed by atoms with Crippen LogP contribution in [0, 0.1) is 0 Å². The minimum Gasteiger partial charge on any atom is -0.462 e. The Morgan fingerprint density at radius 3 is 2.71 bits per heavy atom. The first-order valence-electron chi connectivity index (χ1n) is 6.17. The van der Waals surface area contributed by atoms with Crippen LogP contribution < -0.4 is 5.32 Å². The van der Waals surface area contributed by atoms with Gasteiger partial charge in [-0.1, -0.05) is 25.5 Å². The molecule has 0 fully saturated rings. The smallest absolute Gasteiger partial charge is 0.340 e. The fourth-order valence-electron chi connectivity index (χ4n) is 1.48. The standard InChI is InChI=1S/C14H21NO2/c1-4-5-10-17-14(16)12-8-6-7-9-13(12)15-11(2)3/h6-9,11,15H,4-5,10H2,1-3H3. The second-order valence-electron chi connectivity index (χ2n) is 4.33. The molecule has 0 heterocycles. The van der Waals surface area contributed by atoms with Gasteiger partial charge in [0.15, 0.2) is 0 Å². The van der Waals surface area contributed by atoms with Gasteiger partial charge in [0.2, 0.25) is 0 Å². The number of rotatable bonds is 6. The lowest BCUT2D eigenvalue weighted by atomic mass is 10.1. The number of benzene rings is 1. The van der Waals surface area contributed by atoms with Gasteiger partial charge in [-0.3, -0.25) is 0 Å². The van der Waals surface area contributed by atoms with Crippen molar-refractivity contribution in [2.24, 2.45) is 0 Å². The maximum absolute atomic E-state index is 11.9. The van der Waals surface area contributed by atoms with Crippen LogP contribution in [0.25, 0.3) is 0 Å². The zero-order chi connectivity index (χ0) is 12.7. The molecule has 0 spiro atoms. The number of esters is 1. The number of nitrogens with one attached hydrogen (secondary N) is 1. The summed E-state index contributed by atoms with van der Waals surface area (Å²) in [4.78, 5) is 11.9. The van der Waals surface area contributed by atoms with Crippen molar-refractivity contribution in [1.29, 1.82) is 0 Å². The van der Waals surface area contributed by atoms with Crippen LogP contribution in [0.5, 0.6) is 0 Å². The molecule has 0 saturated carbocycles. The monoisotopic (exact) mass is 235 g/mol. The maximum Gasteiger partial charge on any atom is 0.340 e. The number of hydrogen-bond acceptors (Lipinski definition) is 3. The Morgan fingerprint density at radius 2 is 2.06 bits per heavy atom. The lowest BCUT2D eigenvalue weighted by Gasteiger charge is -2.13. The number of para-hydroxylation sites is 1. The van der Waals surface area contributed by atoms with Crippen molar-refractivity contribution in [3.8, 4) is 0 Å². The molecule has 1 rings (SSSR count). The molecule has 0 aliphatic rings. The highest BCUT2D eigenvalue weighted by atomic mass is 16.5. The van der Waals surface area contributed by atoms with Crippen LogP contribution in [-0.2, 0) is 4.74 Å². The molecule has 0 atom stereocenters. The summed E-state index contributed by atoms with van der Waals surface area (Å²) in [6.45, 7) is 6.64. The lowest BCUT2D eigenvalue weighted by Crippen LogP contribution is -2.15. The molecular formula is C14H21NO2. The zero-order valence-corrected chi connectivity index (χ0v) is 10.8. The van der Waals surface area contributed by atoms with E-state index in [1.165, 1.54) is 0 Å². The Bertz CT molecular complexity index is 361. The van der Waals surface area contributed by atoms with Crippen LogP contribution in [0.3, 0.4) is 0 Å². The highest BCUT2D eigenvalue weighted by Crippen LogP contribution is 2.17. The Morgan fingerprint density at radius 1 is 1.35 bits per heavy atom. The highest BCUT2D eigenvalue weighted by molar-refractivity contribution is 5.95.